The van der Waals surface area contributed by atoms with E-state index in [1.54, 1.807) is 51.9 Å². The fraction of sp³-hybridized carbons (Fsp3) is 0.316. The predicted molar refractivity (Wildman–Crippen MR) is 97.0 cm³/mol. The number of hydrogen-bond acceptors (Lipinski definition) is 5. The lowest BCUT2D eigenvalue weighted by Gasteiger charge is -2.17. The van der Waals surface area contributed by atoms with Crippen LogP contribution in [0.15, 0.2) is 42.7 Å². The lowest BCUT2D eigenvalue weighted by Crippen LogP contribution is -2.41. The molecule has 0 spiro atoms. The third kappa shape index (κ3) is 5.20. The molecular weight excluding hydrogens is 334 g/mol. The monoisotopic (exact) mass is 357 g/mol. The van der Waals surface area contributed by atoms with Crippen molar-refractivity contribution in [2.24, 2.45) is 0 Å². The molecule has 1 heterocycles. The zero-order valence-electron chi connectivity index (χ0n) is 15.2. The molecule has 0 saturated heterocycles. The zero-order valence-corrected chi connectivity index (χ0v) is 15.2. The largest absolute Gasteiger partial charge is 0.493 e. The number of nitrogens with one attached hydrogen (secondary N) is 1. The Labute approximate surface area is 152 Å². The molecule has 2 aromatic rings. The second-order valence-corrected chi connectivity index (χ2v) is 5.70. The third-order valence-electron chi connectivity index (χ3n) is 3.93. The van der Waals surface area contributed by atoms with Crippen LogP contribution in [0.2, 0.25) is 0 Å². The lowest BCUT2D eigenvalue weighted by molar-refractivity contribution is -0.145. The molecule has 1 N–H and O–H groups in total. The van der Waals surface area contributed by atoms with Gasteiger partial charge in [-0.1, -0.05) is 6.07 Å². The molecule has 0 unspecified atom stereocenters. The molecule has 2 amide bonds. The minimum Gasteiger partial charge on any atom is -0.493 e. The lowest BCUT2D eigenvalue weighted by atomic mass is 10.2. The molecule has 0 atom stereocenters. The fourth-order valence-electron chi connectivity index (χ4n) is 2.37. The number of likely N-dealkylation sites (N-methyl/N-ethyl adjacent to an activating group) is 1. The number of carbonyl (C=O) groups is 2. The summed E-state index contributed by atoms with van der Waals surface area (Å²) >= 11 is 0. The normalized spacial score (nSPS) is 10.1. The minimum atomic E-state index is -0.642. The second kappa shape index (κ2) is 9.41. The summed E-state index contributed by atoms with van der Waals surface area (Å²) in [6.07, 6.45) is 4.06. The van der Waals surface area contributed by atoms with E-state index in [9.17, 15) is 9.59 Å². The molecule has 0 aliphatic carbocycles. The van der Waals surface area contributed by atoms with Gasteiger partial charge in [0.25, 0.3) is 0 Å². The van der Waals surface area contributed by atoms with E-state index in [0.717, 1.165) is 11.1 Å². The average molecular weight is 357 g/mol. The number of pyridine rings is 1. The van der Waals surface area contributed by atoms with Crippen LogP contribution in [0, 0.1) is 0 Å². The topological polar surface area (TPSA) is 80.8 Å². The number of benzene rings is 1. The van der Waals surface area contributed by atoms with E-state index in [-0.39, 0.29) is 6.54 Å². The zero-order chi connectivity index (χ0) is 18.9. The van der Waals surface area contributed by atoms with E-state index < -0.39 is 11.8 Å². The molecule has 0 aliphatic rings. The molecule has 7 nitrogen and oxygen atoms in total. The number of nitrogens with zero attached hydrogens (tertiary/aromatic N) is 2. The highest BCUT2D eigenvalue weighted by molar-refractivity contribution is 6.34. The summed E-state index contributed by atoms with van der Waals surface area (Å²) in [5.41, 5.74) is 1.87. The van der Waals surface area contributed by atoms with E-state index in [1.165, 1.54) is 4.90 Å². The van der Waals surface area contributed by atoms with Crippen molar-refractivity contribution in [2.75, 3.05) is 27.8 Å². The Morgan fingerprint density at radius 2 is 1.73 bits per heavy atom. The second-order valence-electron chi connectivity index (χ2n) is 5.70. The van der Waals surface area contributed by atoms with Crippen molar-refractivity contribution in [2.45, 2.75) is 13.0 Å². The highest BCUT2D eigenvalue weighted by Crippen LogP contribution is 2.27. The van der Waals surface area contributed by atoms with Crippen molar-refractivity contribution in [1.82, 2.24) is 15.2 Å². The van der Waals surface area contributed by atoms with Crippen LogP contribution in [-0.4, -0.2) is 49.5 Å². The Bertz CT molecular complexity index is 750. The van der Waals surface area contributed by atoms with Gasteiger partial charge in [-0.15, -0.1) is 0 Å². The van der Waals surface area contributed by atoms with Crippen LogP contribution < -0.4 is 14.8 Å². The minimum absolute atomic E-state index is 0.225. The summed E-state index contributed by atoms with van der Waals surface area (Å²) in [5, 5.41) is 2.63. The van der Waals surface area contributed by atoms with Crippen molar-refractivity contribution in [1.29, 1.82) is 0 Å². The van der Waals surface area contributed by atoms with Crippen molar-refractivity contribution >= 4 is 11.8 Å². The first kappa shape index (κ1) is 19.2. The van der Waals surface area contributed by atoms with Gasteiger partial charge in [0.05, 0.1) is 14.2 Å². The van der Waals surface area contributed by atoms with Crippen molar-refractivity contribution in [3.05, 3.63) is 53.9 Å². The number of ether oxygens (including phenoxy) is 2. The smallest absolute Gasteiger partial charge is 0.311 e. The summed E-state index contributed by atoms with van der Waals surface area (Å²) in [5.74, 6) is -0.0360. The molecule has 0 aliphatic heterocycles. The van der Waals surface area contributed by atoms with Gasteiger partial charge in [0.15, 0.2) is 11.5 Å². The van der Waals surface area contributed by atoms with Gasteiger partial charge in [0.2, 0.25) is 0 Å². The standard InChI is InChI=1S/C19H23N3O4/c1-22(11-8-14-6-9-20-10-7-14)19(24)18(23)21-13-15-4-5-16(25-2)17(12-15)26-3/h4-7,9-10,12H,8,11,13H2,1-3H3,(H,21,23). The third-order valence-corrected chi connectivity index (χ3v) is 3.93. The van der Waals surface area contributed by atoms with Crippen LogP contribution in [0.3, 0.4) is 0 Å². The summed E-state index contributed by atoms with van der Waals surface area (Å²) in [6.45, 7) is 0.676. The molecule has 26 heavy (non-hydrogen) atoms. The predicted octanol–water partition coefficient (Wildman–Crippen LogP) is 1.42. The Balaban J connectivity index is 1.85. The Morgan fingerprint density at radius 1 is 1.04 bits per heavy atom. The molecule has 1 aromatic carbocycles. The van der Waals surface area contributed by atoms with Crippen LogP contribution in [0.4, 0.5) is 0 Å². The average Bonchev–Trinajstić information content (AvgIpc) is 2.70. The fourth-order valence-corrected chi connectivity index (χ4v) is 2.37. The first-order valence-electron chi connectivity index (χ1n) is 8.18. The van der Waals surface area contributed by atoms with E-state index >= 15 is 0 Å². The molecule has 0 radical (unpaired) electrons. The number of amides is 2. The van der Waals surface area contributed by atoms with Crippen molar-refractivity contribution < 1.29 is 19.1 Å². The molecular formula is C19H23N3O4. The number of aromatic nitrogens is 1. The van der Waals surface area contributed by atoms with E-state index in [4.69, 9.17) is 9.47 Å². The van der Waals surface area contributed by atoms with Crippen LogP contribution >= 0.6 is 0 Å². The van der Waals surface area contributed by atoms with Crippen molar-refractivity contribution in [3.63, 3.8) is 0 Å². The van der Waals surface area contributed by atoms with Gasteiger partial charge in [-0.2, -0.15) is 0 Å². The Morgan fingerprint density at radius 3 is 2.38 bits per heavy atom. The van der Waals surface area contributed by atoms with E-state index in [2.05, 4.69) is 10.3 Å². The summed E-state index contributed by atoms with van der Waals surface area (Å²) in [7, 11) is 4.71. The van der Waals surface area contributed by atoms with Gasteiger partial charge in [-0.3, -0.25) is 14.6 Å². The maximum absolute atomic E-state index is 12.2. The molecule has 0 fully saturated rings. The molecule has 138 valence electrons. The number of hydrogen-bond donors (Lipinski definition) is 1. The first-order valence-corrected chi connectivity index (χ1v) is 8.18. The Kier molecular flexibility index (Phi) is 6.96. The summed E-state index contributed by atoms with van der Waals surface area (Å²) in [4.78, 5) is 29.6. The number of methoxy groups -OCH3 is 2. The molecule has 2 rings (SSSR count). The van der Waals surface area contributed by atoms with Crippen LogP contribution in [0.25, 0.3) is 0 Å². The van der Waals surface area contributed by atoms with Gasteiger partial charge < -0.3 is 19.7 Å². The van der Waals surface area contributed by atoms with E-state index in [0.29, 0.717) is 24.5 Å². The van der Waals surface area contributed by atoms with Gasteiger partial charge >= 0.3 is 11.8 Å². The highest BCUT2D eigenvalue weighted by Gasteiger charge is 2.18. The van der Waals surface area contributed by atoms with Crippen LogP contribution in [0.5, 0.6) is 11.5 Å². The SMILES string of the molecule is COc1ccc(CNC(=O)C(=O)N(C)CCc2ccncc2)cc1OC. The quantitative estimate of drug-likeness (QED) is 0.758. The van der Waals surface area contributed by atoms with Gasteiger partial charge in [0, 0.05) is 32.5 Å². The van der Waals surface area contributed by atoms with Crippen LogP contribution in [0.1, 0.15) is 11.1 Å². The molecule has 0 saturated carbocycles. The Hall–Kier alpha value is -3.09. The van der Waals surface area contributed by atoms with E-state index in [1.807, 2.05) is 12.1 Å². The number of carbonyl (C=O) groups excluding carboxylic acids is 2. The molecule has 1 aromatic heterocycles. The molecule has 7 heteroatoms. The van der Waals surface area contributed by atoms with Gasteiger partial charge in [-0.05, 0) is 41.8 Å². The maximum atomic E-state index is 12.2. The summed E-state index contributed by atoms with van der Waals surface area (Å²) < 4.78 is 10.4. The first-order chi connectivity index (χ1) is 12.5. The summed E-state index contributed by atoms with van der Waals surface area (Å²) in [6, 6.07) is 9.09. The van der Waals surface area contributed by atoms with Crippen molar-refractivity contribution in [3.8, 4) is 11.5 Å². The van der Waals surface area contributed by atoms with Gasteiger partial charge in [0.1, 0.15) is 0 Å². The number of rotatable bonds is 7. The highest BCUT2D eigenvalue weighted by atomic mass is 16.5. The molecule has 0 bridgehead atoms. The van der Waals surface area contributed by atoms with Gasteiger partial charge in [-0.25, -0.2) is 0 Å². The van der Waals surface area contributed by atoms with Crippen LogP contribution in [-0.2, 0) is 22.6 Å². The maximum Gasteiger partial charge on any atom is 0.311 e.